The van der Waals surface area contributed by atoms with E-state index in [0.717, 1.165) is 96.6 Å². The summed E-state index contributed by atoms with van der Waals surface area (Å²) in [4.78, 5) is 14.9. The van der Waals surface area contributed by atoms with Crippen LogP contribution in [0.1, 0.15) is 40.1 Å². The third-order valence-electron chi connectivity index (χ3n) is 20.2. The van der Waals surface area contributed by atoms with Crippen LogP contribution in [0.2, 0.25) is 0 Å². The Hall–Kier alpha value is -10.0. The number of ether oxygens (including phenoxy) is 4. The molecular weight excluding hydrogens is 2010 g/mol. The fraction of sp³-hybridized carbons (Fsp3) is 0.129. The molecule has 2 saturated heterocycles. The fourth-order valence-electron chi connectivity index (χ4n) is 14.0. The van der Waals surface area contributed by atoms with E-state index in [1.165, 1.54) is 37.3 Å². The van der Waals surface area contributed by atoms with Crippen molar-refractivity contribution < 1.29 is 122 Å². The smallest absolute Gasteiger partial charge is 0.871 e. The molecule has 21 rings (SSSR count). The van der Waals surface area contributed by atoms with Crippen LogP contribution in [-0.4, -0.2) is 149 Å². The van der Waals surface area contributed by atoms with Gasteiger partial charge in [0.2, 0.25) is 11.8 Å². The Labute approximate surface area is 871 Å². The van der Waals surface area contributed by atoms with Crippen molar-refractivity contribution >= 4 is 117 Å². The maximum absolute atomic E-state index is 12.3. The van der Waals surface area contributed by atoms with Crippen LogP contribution in [0.4, 0.5) is 0 Å². The number of hydrogen-bond acceptors (Lipinski definition) is 19. The number of pyridine rings is 2. The van der Waals surface area contributed by atoms with E-state index in [4.69, 9.17) is 27.8 Å². The third kappa shape index (κ3) is 27.4. The van der Waals surface area contributed by atoms with Gasteiger partial charge in [-0.05, 0) is 207 Å². The molecule has 2 aliphatic rings. The number of benzene rings is 5. The van der Waals surface area contributed by atoms with E-state index in [1.807, 2.05) is 234 Å². The summed E-state index contributed by atoms with van der Waals surface area (Å²) >= 11 is 6.51. The molecule has 2 unspecified atom stereocenters. The molecule has 0 N–H and O–H groups in total. The SMILES string of the molecule is Cc1ccc(-c2sc(-c3ccccc3)cc2[O-])s1.Cc1ccc([O-])n1-c1ccc(-c2ccccn2)o1.Cc1ccc([O-])n1-c1ccc(-c2ccccn2)o1.Cc1ccc([O-])n1C1COCCO1.Cc1ccc([O-])n1C1COCCO1.[Al+3].[Al+3].[Al+3].[Ga+3].[O-]c1ccc(-c2ccccc2)n1-c1ccc(-c2ccccc2)s1.[O-]c1ccc(-c2ccccc2)n1-c1ccc(-c2ccccc2)s1.[Zn+2].[Zn+2].[Zn+2]. The van der Waals surface area contributed by atoms with Crippen LogP contribution in [0.15, 0.2) is 349 Å². The van der Waals surface area contributed by atoms with Crippen molar-refractivity contribution in [3.8, 4) is 149 Å². The zero-order valence-electron chi connectivity index (χ0n) is 73.7. The van der Waals surface area contributed by atoms with E-state index in [1.54, 1.807) is 143 Å². The number of thiophene rings is 4. The number of nitrogens with zero attached hydrogens (tertiary/aromatic N) is 8. The van der Waals surface area contributed by atoms with Gasteiger partial charge in [0.25, 0.3) is 0 Å². The van der Waals surface area contributed by atoms with Crippen molar-refractivity contribution in [1.29, 1.82) is 0 Å². The van der Waals surface area contributed by atoms with E-state index in [9.17, 15) is 35.7 Å². The molecule has 5 aromatic carbocycles. The number of hydrogen-bond donors (Lipinski definition) is 0. The fourth-order valence-corrected chi connectivity index (χ4v) is 18.1. The van der Waals surface area contributed by atoms with E-state index in [-0.39, 0.29) is 184 Å². The molecule has 2 aliphatic heterocycles. The third-order valence-corrected chi connectivity index (χ3v) is 24.8. The number of aromatic nitrogens is 8. The van der Waals surface area contributed by atoms with Gasteiger partial charge >= 0.3 is 130 Å². The molecule has 0 aliphatic carbocycles. The van der Waals surface area contributed by atoms with Crippen LogP contribution in [0, 0.1) is 34.6 Å². The Morgan fingerprint density at radius 1 is 0.308 bits per heavy atom. The van der Waals surface area contributed by atoms with Crippen LogP contribution in [-0.2, 0) is 77.4 Å². The molecule has 0 bridgehead atoms. The first-order valence-electron chi connectivity index (χ1n) is 40.4. The van der Waals surface area contributed by atoms with E-state index >= 15 is 0 Å². The van der Waals surface area contributed by atoms with Crippen molar-refractivity contribution in [2.45, 2.75) is 47.1 Å². The maximum atomic E-state index is 12.3. The quantitative estimate of drug-likeness (QED) is 0.0915. The molecule has 21 nitrogen and oxygen atoms in total. The first kappa shape index (κ1) is 108. The molecule has 16 heterocycles. The van der Waals surface area contributed by atoms with Gasteiger partial charge < -0.3 is 81.8 Å². The van der Waals surface area contributed by atoms with E-state index in [2.05, 4.69) is 59.4 Å². The van der Waals surface area contributed by atoms with Gasteiger partial charge in [-0.15, -0.1) is 45.3 Å². The summed E-state index contributed by atoms with van der Waals surface area (Å²) in [5.74, 6) is 2.25. The van der Waals surface area contributed by atoms with Gasteiger partial charge in [-0.1, -0.05) is 212 Å². The van der Waals surface area contributed by atoms with Gasteiger partial charge in [0, 0.05) is 76.6 Å². The molecule has 2 atom stereocenters. The average Bonchev–Trinajstić information content (AvgIpc) is 1.64. The summed E-state index contributed by atoms with van der Waals surface area (Å²) in [6.07, 6.45) is 2.93. The van der Waals surface area contributed by atoms with Crippen molar-refractivity contribution in [2.24, 2.45) is 0 Å². The van der Waals surface area contributed by atoms with E-state index in [0.29, 0.717) is 62.9 Å². The normalized spacial score (nSPS) is 12.6. The number of furan rings is 2. The van der Waals surface area contributed by atoms with Gasteiger partial charge in [0.15, 0.2) is 24.0 Å². The summed E-state index contributed by atoms with van der Waals surface area (Å²) in [6, 6.07) is 103. The Bertz CT molecular complexity index is 6240. The summed E-state index contributed by atoms with van der Waals surface area (Å²) in [5, 5.41) is 84.7. The second-order valence-corrected chi connectivity index (χ2v) is 33.2. The number of aryl methyl sites for hydroxylation is 5. The molecule has 133 heavy (non-hydrogen) atoms. The van der Waals surface area contributed by atoms with Crippen molar-refractivity contribution in [1.82, 2.24) is 37.4 Å². The summed E-state index contributed by atoms with van der Waals surface area (Å²) in [7, 11) is 0. The first-order chi connectivity index (χ1) is 61.5. The molecule has 638 valence electrons. The molecule has 19 aromatic rings. The van der Waals surface area contributed by atoms with Gasteiger partial charge in [-0.2, -0.15) is 0 Å². The Morgan fingerprint density at radius 3 is 0.985 bits per heavy atom. The number of rotatable bonds is 14. The molecular formula is C101H85Al3GaN8O13S4Zn3+11. The van der Waals surface area contributed by atoms with Crippen LogP contribution in [0.5, 0.6) is 41.0 Å². The monoisotopic (exact) mass is 2090 g/mol. The predicted molar refractivity (Wildman–Crippen MR) is 508 cm³/mol. The average molecular weight is 2090 g/mol. The van der Waals surface area contributed by atoms with E-state index < -0.39 is 0 Å². The van der Waals surface area contributed by atoms with Gasteiger partial charge in [-0.3, -0.25) is 19.1 Å². The molecule has 32 heteroatoms. The Kier molecular flexibility index (Phi) is 43.0. The second kappa shape index (κ2) is 52.7. The van der Waals surface area contributed by atoms with Gasteiger partial charge in [0.1, 0.15) is 11.4 Å². The molecule has 14 aromatic heterocycles. The first-order valence-corrected chi connectivity index (χ1v) is 43.7. The Balaban J connectivity index is 0.000000191. The maximum Gasteiger partial charge on any atom is 3.00 e. The summed E-state index contributed by atoms with van der Waals surface area (Å²) in [6.45, 7) is 12.8. The molecule has 0 radical (unpaired) electrons. The molecule has 0 saturated carbocycles. The minimum Gasteiger partial charge on any atom is -0.871 e. The minimum absolute atomic E-state index is 0. The summed E-state index contributed by atoms with van der Waals surface area (Å²) in [5.41, 5.74) is 12.4. The van der Waals surface area contributed by atoms with Crippen LogP contribution in [0.25, 0.3) is 108 Å². The van der Waals surface area contributed by atoms with Crippen molar-refractivity contribution in [3.05, 3.63) is 368 Å². The zero-order valence-corrected chi connectivity index (χ0v) is 91.7. The topological polar surface area (TPSA) is 280 Å². The van der Waals surface area contributed by atoms with Gasteiger partial charge in [0.05, 0.1) is 61.0 Å². The van der Waals surface area contributed by atoms with Crippen LogP contribution < -0.4 is 35.7 Å². The van der Waals surface area contributed by atoms with Gasteiger partial charge in [-0.25, -0.2) is 0 Å². The predicted octanol–water partition coefficient (Wildman–Crippen LogP) is 18.7. The Morgan fingerprint density at radius 2 is 0.654 bits per heavy atom. The molecule has 0 amide bonds. The summed E-state index contributed by atoms with van der Waals surface area (Å²) < 4.78 is 42.5. The largest absolute Gasteiger partial charge is 3.00 e. The second-order valence-electron chi connectivity index (χ2n) is 28.8. The molecule has 2 fully saturated rings. The van der Waals surface area contributed by atoms with Crippen LogP contribution >= 0.6 is 45.3 Å². The minimum atomic E-state index is -0.240. The standard InChI is InChI=1S/2C20H15NOS.C15H12OS2.2C14H12N2O2.2C9H13NO3.3Al.Ga.3Zn/c2*22-19-13-11-17(15-7-3-1-4-8-15)21(19)20-14-12-18(23-20)16-9-5-2-6-10-16;1-10-7-8-13(17-10)15-12(16)9-14(18-15)11-5-3-2-4-6-11;2*1-10-5-7-13(17)16(10)14-8-6-12(18-14)11-4-2-3-9-15-11;2*1-7-2-3-8(11)10(7)9-6-12-4-5-13-9;;;;;;;/h2*1-14,22H;2-9,16H,1H3;2*2-9,17H,1H3;2*2-3,9,11H,4-6H2,1H3;;;;;;;/q;;;;;;;4*+3;3*+2/p-7. The van der Waals surface area contributed by atoms with Crippen LogP contribution in [0.3, 0.4) is 0 Å². The van der Waals surface area contributed by atoms with Crippen molar-refractivity contribution in [2.75, 3.05) is 39.6 Å². The molecule has 0 spiro atoms. The van der Waals surface area contributed by atoms with Crippen molar-refractivity contribution in [3.63, 3.8) is 0 Å². The zero-order chi connectivity index (χ0) is 87.4.